The summed E-state index contributed by atoms with van der Waals surface area (Å²) in [5.74, 6) is 0.460. The lowest BCUT2D eigenvalue weighted by Crippen LogP contribution is -2.39. The summed E-state index contributed by atoms with van der Waals surface area (Å²) in [5, 5.41) is 14.1. The first-order valence-corrected chi connectivity index (χ1v) is 14.9. The number of benzene rings is 2. The van der Waals surface area contributed by atoms with Crippen molar-refractivity contribution in [1.29, 1.82) is 0 Å². The maximum absolute atomic E-state index is 14.2. The molecule has 2 saturated carbocycles. The van der Waals surface area contributed by atoms with Crippen LogP contribution < -0.4 is 10.1 Å². The quantitative estimate of drug-likeness (QED) is 0.330. The molecule has 8 heteroatoms. The van der Waals surface area contributed by atoms with Crippen molar-refractivity contribution in [3.05, 3.63) is 53.1 Å². The molecule has 1 unspecified atom stereocenters. The molecular formula is C33H41N3O5. The second-order valence-electron chi connectivity index (χ2n) is 12.0. The predicted octanol–water partition coefficient (Wildman–Crippen LogP) is 5.24. The Labute approximate surface area is 241 Å². The number of carboxylic acid groups (broad SMARTS) is 1. The van der Waals surface area contributed by atoms with Crippen molar-refractivity contribution < 1.29 is 24.2 Å². The number of nitrogens with zero attached hydrogens (tertiary/aromatic N) is 2. The fourth-order valence-corrected chi connectivity index (χ4v) is 7.37. The zero-order valence-electron chi connectivity index (χ0n) is 24.4. The third-order valence-corrected chi connectivity index (χ3v) is 9.61. The van der Waals surface area contributed by atoms with Gasteiger partial charge in [0, 0.05) is 49.1 Å². The number of rotatable bonds is 10. The first-order chi connectivity index (χ1) is 19.9. The Morgan fingerprint density at radius 3 is 2.66 bits per heavy atom. The lowest BCUT2D eigenvalue weighted by Gasteiger charge is -2.25. The number of amides is 1. The van der Waals surface area contributed by atoms with Gasteiger partial charge in [0.1, 0.15) is 5.75 Å². The van der Waals surface area contributed by atoms with Gasteiger partial charge in [-0.3, -0.25) is 4.79 Å². The van der Waals surface area contributed by atoms with E-state index in [9.17, 15) is 14.7 Å². The summed E-state index contributed by atoms with van der Waals surface area (Å²) in [7, 11) is 5.45. The Morgan fingerprint density at radius 1 is 1.12 bits per heavy atom. The van der Waals surface area contributed by atoms with Gasteiger partial charge >= 0.3 is 5.97 Å². The summed E-state index contributed by atoms with van der Waals surface area (Å²) in [4.78, 5) is 28.1. The molecule has 2 atom stereocenters. The van der Waals surface area contributed by atoms with Crippen molar-refractivity contribution >= 4 is 22.8 Å². The molecular weight excluding hydrogens is 518 g/mol. The molecule has 2 fully saturated rings. The summed E-state index contributed by atoms with van der Waals surface area (Å²) in [5.41, 5.74) is 5.38. The predicted molar refractivity (Wildman–Crippen MR) is 159 cm³/mol. The smallest absolute Gasteiger partial charge is 0.335 e. The molecule has 41 heavy (non-hydrogen) atoms. The minimum absolute atomic E-state index is 0.0737. The number of aromatic nitrogens is 1. The van der Waals surface area contributed by atoms with E-state index in [2.05, 4.69) is 22.0 Å². The van der Waals surface area contributed by atoms with Crippen LogP contribution in [0.3, 0.4) is 0 Å². The average Bonchev–Trinajstić information content (AvgIpc) is 3.66. The largest absolute Gasteiger partial charge is 0.497 e. The molecule has 8 nitrogen and oxygen atoms in total. The normalized spacial score (nSPS) is 21.5. The van der Waals surface area contributed by atoms with Gasteiger partial charge in [-0.1, -0.05) is 25.3 Å². The summed E-state index contributed by atoms with van der Waals surface area (Å²) >= 11 is 0. The Bertz CT molecular complexity index is 1470. The molecule has 218 valence electrons. The summed E-state index contributed by atoms with van der Waals surface area (Å²) in [6, 6.07) is 11.8. The van der Waals surface area contributed by atoms with Crippen LogP contribution >= 0.6 is 0 Å². The van der Waals surface area contributed by atoms with Crippen LogP contribution in [0.4, 0.5) is 0 Å². The standard InChI is InChI=1S/C33H41N3O5/c1-34-13-15-41-16-14-35(2)32(39)33-19-27(33)26-18-23(40-3)10-12-24(26)30-29(21-7-5-4-6-8-21)25-11-9-22(31(37)38)17-28(25)36(30)20-33/h9-12,17-18,21,27,34H,4-8,13-16,19-20H2,1-3H3,(H,37,38)/t27?,33-/m0/s1. The minimum atomic E-state index is -0.937. The van der Waals surface area contributed by atoms with Crippen LogP contribution in [0.1, 0.15) is 71.8 Å². The number of fused-ring (bicyclic) bond motifs is 7. The van der Waals surface area contributed by atoms with E-state index in [1.165, 1.54) is 24.8 Å². The van der Waals surface area contributed by atoms with E-state index in [1.54, 1.807) is 13.2 Å². The van der Waals surface area contributed by atoms with Crippen LogP contribution in [-0.4, -0.2) is 74.0 Å². The van der Waals surface area contributed by atoms with Gasteiger partial charge in [-0.2, -0.15) is 0 Å². The first kappa shape index (κ1) is 27.8. The molecule has 2 N–H and O–H groups in total. The fraction of sp³-hybridized carbons (Fsp3) is 0.515. The highest BCUT2D eigenvalue weighted by Crippen LogP contribution is 2.66. The zero-order chi connectivity index (χ0) is 28.7. The lowest BCUT2D eigenvalue weighted by atomic mass is 9.81. The van der Waals surface area contributed by atoms with Crippen molar-refractivity contribution in [2.75, 3.05) is 47.5 Å². The molecule has 6 rings (SSSR count). The molecule has 1 aliphatic heterocycles. The van der Waals surface area contributed by atoms with Crippen LogP contribution in [0.2, 0.25) is 0 Å². The summed E-state index contributed by atoms with van der Waals surface area (Å²) < 4.78 is 13.7. The van der Waals surface area contributed by atoms with Crippen molar-refractivity contribution in [1.82, 2.24) is 14.8 Å². The van der Waals surface area contributed by atoms with Gasteiger partial charge in [0.25, 0.3) is 0 Å². The molecule has 2 aliphatic carbocycles. The first-order valence-electron chi connectivity index (χ1n) is 14.9. The Morgan fingerprint density at radius 2 is 1.93 bits per heavy atom. The highest BCUT2D eigenvalue weighted by molar-refractivity contribution is 6.00. The number of aromatic carboxylic acids is 1. The van der Waals surface area contributed by atoms with Crippen LogP contribution in [0, 0.1) is 5.41 Å². The number of methoxy groups -OCH3 is 1. The number of carboxylic acids is 1. The summed E-state index contributed by atoms with van der Waals surface area (Å²) in [6.45, 7) is 2.92. The van der Waals surface area contributed by atoms with Gasteiger partial charge in [-0.15, -0.1) is 0 Å². The molecule has 0 spiro atoms. The molecule has 0 saturated heterocycles. The topological polar surface area (TPSA) is 93.0 Å². The minimum Gasteiger partial charge on any atom is -0.497 e. The van der Waals surface area contributed by atoms with E-state index >= 15 is 0 Å². The number of carbonyl (C=O) groups is 2. The Kier molecular flexibility index (Phi) is 7.55. The van der Waals surface area contributed by atoms with Gasteiger partial charge in [0.2, 0.25) is 5.91 Å². The van der Waals surface area contributed by atoms with Gasteiger partial charge in [-0.05, 0) is 73.7 Å². The van der Waals surface area contributed by atoms with Gasteiger partial charge in [-0.25, -0.2) is 4.79 Å². The van der Waals surface area contributed by atoms with Crippen molar-refractivity contribution in [2.24, 2.45) is 5.41 Å². The highest BCUT2D eigenvalue weighted by Gasteiger charge is 2.63. The zero-order valence-corrected chi connectivity index (χ0v) is 24.4. The van der Waals surface area contributed by atoms with Crippen molar-refractivity contribution in [2.45, 2.75) is 56.9 Å². The maximum Gasteiger partial charge on any atom is 0.335 e. The van der Waals surface area contributed by atoms with Crippen LogP contribution in [0.25, 0.3) is 22.2 Å². The molecule has 1 aromatic heterocycles. The van der Waals surface area contributed by atoms with E-state index in [1.807, 2.05) is 37.2 Å². The van der Waals surface area contributed by atoms with Crippen molar-refractivity contribution in [3.63, 3.8) is 0 Å². The molecule has 0 radical (unpaired) electrons. The molecule has 0 bridgehead atoms. The molecule has 1 amide bonds. The Hall–Kier alpha value is -3.36. The van der Waals surface area contributed by atoms with Crippen molar-refractivity contribution in [3.8, 4) is 17.0 Å². The number of likely N-dealkylation sites (N-methyl/N-ethyl adjacent to an activating group) is 2. The van der Waals surface area contributed by atoms with Crippen LogP contribution in [0.15, 0.2) is 36.4 Å². The monoisotopic (exact) mass is 559 g/mol. The second-order valence-corrected chi connectivity index (χ2v) is 12.0. The number of carbonyl (C=O) groups excluding carboxylic acids is 1. The number of nitrogens with one attached hydrogen (secondary N) is 1. The number of hydrogen-bond donors (Lipinski definition) is 2. The Balaban J connectivity index is 1.49. The highest BCUT2D eigenvalue weighted by atomic mass is 16.5. The van der Waals surface area contributed by atoms with Crippen LogP contribution in [-0.2, 0) is 16.1 Å². The fourth-order valence-electron chi connectivity index (χ4n) is 7.37. The van der Waals surface area contributed by atoms with E-state index in [-0.39, 0.29) is 17.4 Å². The third kappa shape index (κ3) is 4.81. The lowest BCUT2D eigenvalue weighted by molar-refractivity contribution is -0.137. The van der Waals surface area contributed by atoms with Gasteiger partial charge < -0.3 is 29.4 Å². The molecule has 2 heterocycles. The van der Waals surface area contributed by atoms with Gasteiger partial charge in [0.05, 0.1) is 37.0 Å². The van der Waals surface area contributed by atoms with E-state index in [0.29, 0.717) is 32.2 Å². The van der Waals surface area contributed by atoms with E-state index < -0.39 is 11.4 Å². The second kappa shape index (κ2) is 11.1. The van der Waals surface area contributed by atoms with Crippen LogP contribution in [0.5, 0.6) is 5.75 Å². The van der Waals surface area contributed by atoms with E-state index in [4.69, 9.17) is 9.47 Å². The number of hydrogen-bond acceptors (Lipinski definition) is 5. The summed E-state index contributed by atoms with van der Waals surface area (Å²) in [6.07, 6.45) is 6.67. The van der Waals surface area contributed by atoms with E-state index in [0.717, 1.165) is 59.3 Å². The SMILES string of the molecule is CNCCOCCN(C)C(=O)[C@]12CC1c1cc(OC)ccc1-c1c(C3CCCCC3)c3ccc(C(=O)O)cc3n1C2. The third-order valence-electron chi connectivity index (χ3n) is 9.61. The average molecular weight is 560 g/mol. The molecule has 2 aromatic carbocycles. The molecule has 3 aliphatic rings. The molecule has 3 aromatic rings. The maximum atomic E-state index is 14.2. The van der Waals surface area contributed by atoms with Gasteiger partial charge in [0.15, 0.2) is 0 Å². The number of ether oxygens (including phenoxy) is 2.